The van der Waals surface area contributed by atoms with Gasteiger partial charge in [0.15, 0.2) is 0 Å². The molecule has 242 valence electrons. The van der Waals surface area contributed by atoms with Crippen molar-refractivity contribution in [3.8, 4) is 5.75 Å². The number of thioether (sulfide) groups is 1. The maximum absolute atomic E-state index is 13.1. The van der Waals surface area contributed by atoms with Crippen LogP contribution in [-0.2, 0) is 4.79 Å². The zero-order valence-corrected chi connectivity index (χ0v) is 28.4. The van der Waals surface area contributed by atoms with Crippen LogP contribution in [0.4, 0.5) is 23.2 Å². The van der Waals surface area contributed by atoms with Gasteiger partial charge in [0.2, 0.25) is 0 Å². The highest BCUT2D eigenvalue weighted by Gasteiger charge is 2.44. The molecule has 5 nitrogen and oxygen atoms in total. The van der Waals surface area contributed by atoms with E-state index in [9.17, 15) is 22.4 Å². The number of alkyl halides is 4. The Balaban J connectivity index is -0.000000782. The number of hydrogen-bond donors (Lipinski definition) is 3. The van der Waals surface area contributed by atoms with E-state index in [0.29, 0.717) is 12.0 Å². The summed E-state index contributed by atoms with van der Waals surface area (Å²) < 4.78 is 55.1. The molecule has 0 aliphatic heterocycles. The number of nitrogens with one attached hydrogen (secondary N) is 2. The van der Waals surface area contributed by atoms with Gasteiger partial charge in [0.25, 0.3) is 5.91 Å². The molecule has 0 fully saturated rings. The van der Waals surface area contributed by atoms with Gasteiger partial charge in [-0.05, 0) is 58.5 Å². The van der Waals surface area contributed by atoms with Crippen molar-refractivity contribution >= 4 is 23.4 Å². The Morgan fingerprint density at radius 2 is 1.61 bits per heavy atom. The highest BCUT2D eigenvalue weighted by molar-refractivity contribution is 7.99. The monoisotopic (exact) mass is 611 g/mol. The standard InChI is InChI=1S/C23H33F4N3O2S.4C2H6/c1-6-17(11-10-15(2)22(4,29-5)12-13-33-16(3)28)20(31)30-18-8-7-9-19(14-18)32-23(26,27)21(24)25;4*1-2/h7-11,14,16,21,29H,6,12-13,28H2,1-5H3,(H,30,31);4*1-2H3/b15-10+,17-11+;;;;. The van der Waals surface area contributed by atoms with Gasteiger partial charge in [-0.1, -0.05) is 86.1 Å². The first-order valence-corrected chi connectivity index (χ1v) is 15.6. The molecule has 4 N–H and O–H groups in total. The molecule has 2 atom stereocenters. The molecule has 0 heterocycles. The van der Waals surface area contributed by atoms with E-state index in [1.807, 2.05) is 89.3 Å². The average molecular weight is 612 g/mol. The van der Waals surface area contributed by atoms with Crippen molar-refractivity contribution in [3.05, 3.63) is 47.6 Å². The Bertz CT molecular complexity index is 850. The van der Waals surface area contributed by atoms with Gasteiger partial charge < -0.3 is 21.1 Å². The van der Waals surface area contributed by atoms with Crippen LogP contribution in [0.15, 0.2) is 47.6 Å². The Morgan fingerprint density at radius 1 is 1.07 bits per heavy atom. The van der Waals surface area contributed by atoms with Crippen LogP contribution in [0.25, 0.3) is 0 Å². The van der Waals surface area contributed by atoms with Crippen molar-refractivity contribution in [2.75, 3.05) is 18.1 Å². The normalized spacial score (nSPS) is 13.3. The van der Waals surface area contributed by atoms with E-state index in [1.165, 1.54) is 12.1 Å². The van der Waals surface area contributed by atoms with E-state index in [1.54, 1.807) is 17.8 Å². The van der Waals surface area contributed by atoms with Crippen LogP contribution in [0.1, 0.15) is 95.9 Å². The molecule has 0 aliphatic rings. The Labute approximate surface area is 252 Å². The van der Waals surface area contributed by atoms with Crippen LogP contribution in [0, 0.1) is 0 Å². The summed E-state index contributed by atoms with van der Waals surface area (Å²) in [5.41, 5.74) is 7.15. The molecule has 1 rings (SSSR count). The molecular formula is C31H57F4N3O2S. The van der Waals surface area contributed by atoms with Crippen molar-refractivity contribution in [1.29, 1.82) is 0 Å². The van der Waals surface area contributed by atoms with E-state index in [4.69, 9.17) is 5.73 Å². The summed E-state index contributed by atoms with van der Waals surface area (Å²) in [4.78, 5) is 12.7. The molecule has 0 aromatic heterocycles. The van der Waals surface area contributed by atoms with E-state index < -0.39 is 24.2 Å². The van der Waals surface area contributed by atoms with Crippen molar-refractivity contribution in [2.45, 2.75) is 119 Å². The number of anilines is 1. The first-order chi connectivity index (χ1) is 19.3. The predicted octanol–water partition coefficient (Wildman–Crippen LogP) is 9.66. The molecule has 10 heteroatoms. The largest absolute Gasteiger partial charge is 0.461 e. The van der Waals surface area contributed by atoms with Crippen molar-refractivity contribution in [3.63, 3.8) is 0 Å². The number of amides is 1. The fraction of sp³-hybridized carbons (Fsp3) is 0.645. The molecule has 0 spiro atoms. The number of carbonyl (C=O) groups excluding carboxylic acids is 1. The minimum atomic E-state index is -4.62. The molecule has 0 aliphatic carbocycles. The molecule has 1 aromatic carbocycles. The predicted molar refractivity (Wildman–Crippen MR) is 172 cm³/mol. The van der Waals surface area contributed by atoms with Crippen molar-refractivity contribution < 1.29 is 27.1 Å². The third-order valence-electron chi connectivity index (χ3n) is 5.21. The molecule has 1 aromatic rings. The Morgan fingerprint density at radius 3 is 2.05 bits per heavy atom. The third-order valence-corrected chi connectivity index (χ3v) is 6.18. The number of hydrogen-bond acceptors (Lipinski definition) is 5. The van der Waals surface area contributed by atoms with Crippen LogP contribution < -0.4 is 21.1 Å². The fourth-order valence-electron chi connectivity index (χ4n) is 2.78. The summed E-state index contributed by atoms with van der Waals surface area (Å²) >= 11 is 1.66. The van der Waals surface area contributed by atoms with Crippen LogP contribution in [-0.4, -0.2) is 42.2 Å². The number of carbonyl (C=O) groups is 1. The number of likely N-dealkylation sites (N-methyl/N-ethyl adjacent to an activating group) is 1. The van der Waals surface area contributed by atoms with Gasteiger partial charge in [-0.2, -0.15) is 17.6 Å². The molecular weight excluding hydrogens is 554 g/mol. The maximum atomic E-state index is 13.1. The van der Waals surface area contributed by atoms with E-state index in [0.717, 1.165) is 29.9 Å². The number of nitrogens with two attached hydrogens (primary N) is 1. The second-order valence-corrected chi connectivity index (χ2v) is 9.23. The lowest BCUT2D eigenvalue weighted by Crippen LogP contribution is -2.41. The van der Waals surface area contributed by atoms with Gasteiger partial charge in [-0.3, -0.25) is 4.79 Å². The van der Waals surface area contributed by atoms with Crippen LogP contribution in [0.3, 0.4) is 0 Å². The summed E-state index contributed by atoms with van der Waals surface area (Å²) in [6.07, 6.45) is -3.75. The lowest BCUT2D eigenvalue weighted by molar-refractivity contribution is -0.253. The number of allylic oxidation sites excluding steroid dienone is 2. The lowest BCUT2D eigenvalue weighted by atomic mass is 9.89. The molecule has 0 bridgehead atoms. The molecule has 1 amide bonds. The summed E-state index contributed by atoms with van der Waals surface area (Å²) in [6.45, 7) is 23.8. The SMILES string of the molecule is CC.CC.CC.CC.CC/C(=C\C=C(/C)C(C)(CCSC(C)N)NC)C(=O)Nc1cccc(OC(F)(F)C(F)F)c1. The zero-order valence-electron chi connectivity index (χ0n) is 27.6. The first kappa shape index (κ1) is 45.9. The second kappa shape index (κ2) is 26.8. The first-order valence-electron chi connectivity index (χ1n) is 14.5. The number of halogens is 4. The van der Waals surface area contributed by atoms with E-state index >= 15 is 0 Å². The number of ether oxygens (including phenoxy) is 1. The van der Waals surface area contributed by atoms with Gasteiger partial charge in [0.1, 0.15) is 5.75 Å². The number of rotatable bonds is 13. The van der Waals surface area contributed by atoms with Gasteiger partial charge in [0.05, 0.1) is 0 Å². The van der Waals surface area contributed by atoms with Crippen molar-refractivity contribution in [2.24, 2.45) is 5.73 Å². The van der Waals surface area contributed by atoms with Gasteiger partial charge >= 0.3 is 12.5 Å². The Hall–Kier alpha value is -2.04. The average Bonchev–Trinajstić information content (AvgIpc) is 2.97. The summed E-state index contributed by atoms with van der Waals surface area (Å²) in [7, 11) is 1.87. The molecule has 0 saturated carbocycles. The minimum absolute atomic E-state index is 0.0520. The van der Waals surface area contributed by atoms with Crippen LogP contribution >= 0.6 is 11.8 Å². The van der Waals surface area contributed by atoms with Crippen molar-refractivity contribution in [1.82, 2.24) is 5.32 Å². The molecule has 41 heavy (non-hydrogen) atoms. The second-order valence-electron chi connectivity index (χ2n) is 7.75. The maximum Gasteiger partial charge on any atom is 0.461 e. The van der Waals surface area contributed by atoms with Gasteiger partial charge in [0, 0.05) is 28.2 Å². The number of benzene rings is 1. The van der Waals surface area contributed by atoms with Gasteiger partial charge in [-0.25, -0.2) is 0 Å². The van der Waals surface area contributed by atoms with E-state index in [-0.39, 0.29) is 16.6 Å². The quantitative estimate of drug-likeness (QED) is 0.0896. The van der Waals surface area contributed by atoms with Crippen LogP contribution in [0.5, 0.6) is 5.75 Å². The summed E-state index contributed by atoms with van der Waals surface area (Å²) in [6, 6.07) is 4.95. The molecule has 0 radical (unpaired) electrons. The summed E-state index contributed by atoms with van der Waals surface area (Å²) in [5, 5.41) is 5.96. The van der Waals surface area contributed by atoms with E-state index in [2.05, 4.69) is 22.3 Å². The smallest absolute Gasteiger partial charge is 0.428 e. The summed E-state index contributed by atoms with van der Waals surface area (Å²) in [5.74, 6) is -0.0445. The van der Waals surface area contributed by atoms with Crippen LogP contribution in [0.2, 0.25) is 0 Å². The topological polar surface area (TPSA) is 76.4 Å². The third kappa shape index (κ3) is 19.7. The molecule has 2 unspecified atom stereocenters. The Kier molecular flexibility index (Phi) is 30.1. The highest BCUT2D eigenvalue weighted by Crippen LogP contribution is 2.29. The zero-order chi connectivity index (χ0) is 33.2. The van der Waals surface area contributed by atoms with Gasteiger partial charge in [-0.15, -0.1) is 11.8 Å². The molecule has 0 saturated heterocycles. The lowest BCUT2D eigenvalue weighted by Gasteiger charge is -2.30. The minimum Gasteiger partial charge on any atom is -0.428 e. The highest BCUT2D eigenvalue weighted by atomic mass is 32.2. The fourth-order valence-corrected chi connectivity index (χ4v) is 3.68.